The number of piperazine rings is 1. The number of H-pyrrole nitrogens is 1. The highest BCUT2D eigenvalue weighted by molar-refractivity contribution is 7.09. The highest BCUT2D eigenvalue weighted by atomic mass is 32.1. The maximum absolute atomic E-state index is 13.1. The standard InChI is InChI=1S/C24H30N4O3S/c1-5-31-22(30)20-13-17-12-16(6-7-19(17)26-20)21(29)28-10-8-27(9-11-28)14-18-15-32-23(25-18)24(2,3)4/h6-7,12-13,15,26H,5,8-11,14H2,1-4H3. The molecule has 3 aromatic rings. The van der Waals surface area contributed by atoms with Gasteiger partial charge in [-0.25, -0.2) is 9.78 Å². The fourth-order valence-corrected chi connectivity index (χ4v) is 4.73. The summed E-state index contributed by atoms with van der Waals surface area (Å²) >= 11 is 1.72. The van der Waals surface area contributed by atoms with E-state index in [1.165, 1.54) is 0 Å². The smallest absolute Gasteiger partial charge is 0.354 e. The number of benzene rings is 1. The number of thiazole rings is 1. The molecule has 0 unspecified atom stereocenters. The van der Waals surface area contributed by atoms with E-state index < -0.39 is 0 Å². The van der Waals surface area contributed by atoms with Gasteiger partial charge in [-0.1, -0.05) is 20.8 Å². The summed E-state index contributed by atoms with van der Waals surface area (Å²) in [4.78, 5) is 37.1. The molecule has 0 spiro atoms. The van der Waals surface area contributed by atoms with Crippen LogP contribution in [0.2, 0.25) is 0 Å². The monoisotopic (exact) mass is 454 g/mol. The van der Waals surface area contributed by atoms with Gasteiger partial charge < -0.3 is 14.6 Å². The minimum atomic E-state index is -0.387. The summed E-state index contributed by atoms with van der Waals surface area (Å²) in [5.74, 6) is -0.364. The van der Waals surface area contributed by atoms with Crippen molar-refractivity contribution in [2.45, 2.75) is 39.7 Å². The third kappa shape index (κ3) is 4.86. The van der Waals surface area contributed by atoms with Gasteiger partial charge in [-0.2, -0.15) is 0 Å². The van der Waals surface area contributed by atoms with E-state index in [1.807, 2.05) is 23.1 Å². The average molecular weight is 455 g/mol. The molecule has 170 valence electrons. The van der Waals surface area contributed by atoms with Crippen molar-refractivity contribution < 1.29 is 14.3 Å². The largest absolute Gasteiger partial charge is 0.461 e. The minimum absolute atomic E-state index is 0.0223. The summed E-state index contributed by atoms with van der Waals surface area (Å²) in [5.41, 5.74) is 3.03. The van der Waals surface area contributed by atoms with E-state index in [2.05, 4.69) is 36.0 Å². The SMILES string of the molecule is CCOC(=O)c1cc2cc(C(=O)N3CCN(Cc4csc(C(C)(C)C)n4)CC3)ccc2[nH]1. The molecule has 0 radical (unpaired) electrons. The molecule has 0 aliphatic carbocycles. The van der Waals surface area contributed by atoms with Gasteiger partial charge in [-0.15, -0.1) is 11.3 Å². The zero-order valence-corrected chi connectivity index (χ0v) is 19.9. The first kappa shape index (κ1) is 22.5. The van der Waals surface area contributed by atoms with Gasteiger partial charge in [0.2, 0.25) is 0 Å². The van der Waals surface area contributed by atoms with Crippen molar-refractivity contribution in [3.8, 4) is 0 Å². The molecule has 0 bridgehead atoms. The van der Waals surface area contributed by atoms with Crippen molar-refractivity contribution in [2.24, 2.45) is 0 Å². The Hall–Kier alpha value is -2.71. The molecule has 1 saturated heterocycles. The van der Waals surface area contributed by atoms with Gasteiger partial charge in [0.25, 0.3) is 5.91 Å². The fraction of sp³-hybridized carbons (Fsp3) is 0.458. The number of ether oxygens (including phenoxy) is 1. The van der Waals surface area contributed by atoms with Gasteiger partial charge in [0.05, 0.1) is 17.3 Å². The molecule has 0 atom stereocenters. The Bertz CT molecular complexity index is 1120. The van der Waals surface area contributed by atoms with E-state index in [9.17, 15) is 9.59 Å². The molecule has 1 aromatic carbocycles. The first-order valence-corrected chi connectivity index (χ1v) is 11.9. The first-order chi connectivity index (χ1) is 15.2. The molecule has 2 aromatic heterocycles. The number of aromatic nitrogens is 2. The Morgan fingerprint density at radius 3 is 2.56 bits per heavy atom. The van der Waals surface area contributed by atoms with E-state index in [1.54, 1.807) is 24.3 Å². The van der Waals surface area contributed by atoms with Gasteiger partial charge in [0, 0.05) is 60.0 Å². The van der Waals surface area contributed by atoms with Crippen LogP contribution in [-0.4, -0.2) is 64.4 Å². The number of carbonyl (C=O) groups is 2. The number of hydrogen-bond acceptors (Lipinski definition) is 6. The lowest BCUT2D eigenvalue weighted by Gasteiger charge is -2.34. The Morgan fingerprint density at radius 1 is 1.16 bits per heavy atom. The lowest BCUT2D eigenvalue weighted by molar-refractivity contribution is 0.0520. The highest BCUT2D eigenvalue weighted by Crippen LogP contribution is 2.26. The normalized spacial score (nSPS) is 15.3. The number of nitrogens with one attached hydrogen (secondary N) is 1. The molecule has 8 heteroatoms. The number of carbonyl (C=O) groups excluding carboxylic acids is 2. The lowest BCUT2D eigenvalue weighted by Crippen LogP contribution is -2.48. The van der Waals surface area contributed by atoms with Gasteiger partial charge in [0.15, 0.2) is 0 Å². The van der Waals surface area contributed by atoms with Crippen molar-refractivity contribution in [2.75, 3.05) is 32.8 Å². The summed E-state index contributed by atoms with van der Waals surface area (Å²) in [6.07, 6.45) is 0. The molecule has 32 heavy (non-hydrogen) atoms. The summed E-state index contributed by atoms with van der Waals surface area (Å²) in [7, 11) is 0. The molecular weight excluding hydrogens is 424 g/mol. The van der Waals surface area contributed by atoms with Crippen molar-refractivity contribution in [3.05, 3.63) is 51.6 Å². The number of hydrogen-bond donors (Lipinski definition) is 1. The lowest BCUT2D eigenvalue weighted by atomic mass is 9.98. The Kier molecular flexibility index (Phi) is 6.35. The number of fused-ring (bicyclic) bond motifs is 1. The number of amides is 1. The van der Waals surface area contributed by atoms with Crippen LogP contribution in [0.5, 0.6) is 0 Å². The van der Waals surface area contributed by atoms with Crippen molar-refractivity contribution in [1.82, 2.24) is 19.8 Å². The Morgan fingerprint density at radius 2 is 1.91 bits per heavy atom. The van der Waals surface area contributed by atoms with Gasteiger partial charge in [-0.05, 0) is 31.2 Å². The molecular formula is C24H30N4O3S. The number of esters is 1. The summed E-state index contributed by atoms with van der Waals surface area (Å²) in [6.45, 7) is 12.5. The maximum Gasteiger partial charge on any atom is 0.354 e. The van der Waals surface area contributed by atoms with Crippen LogP contribution in [0.15, 0.2) is 29.6 Å². The van der Waals surface area contributed by atoms with Gasteiger partial charge in [0.1, 0.15) is 5.69 Å². The second kappa shape index (κ2) is 9.03. The van der Waals surface area contributed by atoms with Crippen LogP contribution in [0.1, 0.15) is 59.2 Å². The molecule has 1 aliphatic heterocycles. The maximum atomic E-state index is 13.1. The van der Waals surface area contributed by atoms with Crippen LogP contribution in [0.4, 0.5) is 0 Å². The van der Waals surface area contributed by atoms with E-state index in [4.69, 9.17) is 9.72 Å². The molecule has 7 nitrogen and oxygen atoms in total. The van der Waals surface area contributed by atoms with Crippen molar-refractivity contribution in [1.29, 1.82) is 0 Å². The van der Waals surface area contributed by atoms with Crippen LogP contribution in [0, 0.1) is 0 Å². The summed E-state index contributed by atoms with van der Waals surface area (Å²) in [6, 6.07) is 7.23. The molecule has 3 heterocycles. The van der Waals surface area contributed by atoms with Crippen LogP contribution in [0.25, 0.3) is 10.9 Å². The Labute approximate surface area is 192 Å². The minimum Gasteiger partial charge on any atom is -0.461 e. The topological polar surface area (TPSA) is 78.5 Å². The molecule has 1 aliphatic rings. The highest BCUT2D eigenvalue weighted by Gasteiger charge is 2.24. The van der Waals surface area contributed by atoms with E-state index in [-0.39, 0.29) is 17.3 Å². The average Bonchev–Trinajstić information content (AvgIpc) is 3.40. The van der Waals surface area contributed by atoms with Crippen LogP contribution < -0.4 is 0 Å². The quantitative estimate of drug-likeness (QED) is 0.589. The zero-order chi connectivity index (χ0) is 22.9. The molecule has 1 amide bonds. The zero-order valence-electron chi connectivity index (χ0n) is 19.1. The van der Waals surface area contributed by atoms with E-state index in [0.717, 1.165) is 41.2 Å². The van der Waals surface area contributed by atoms with E-state index in [0.29, 0.717) is 31.0 Å². The van der Waals surface area contributed by atoms with Crippen LogP contribution in [-0.2, 0) is 16.7 Å². The van der Waals surface area contributed by atoms with Crippen molar-refractivity contribution in [3.63, 3.8) is 0 Å². The number of rotatable bonds is 5. The van der Waals surface area contributed by atoms with Crippen molar-refractivity contribution >= 4 is 34.1 Å². The van der Waals surface area contributed by atoms with Gasteiger partial charge in [-0.3, -0.25) is 9.69 Å². The third-order valence-electron chi connectivity index (χ3n) is 5.60. The summed E-state index contributed by atoms with van der Waals surface area (Å²) < 4.78 is 5.05. The number of nitrogens with zero attached hydrogens (tertiary/aromatic N) is 3. The fourth-order valence-electron chi connectivity index (χ4n) is 3.83. The molecule has 1 fully saturated rings. The number of aromatic amines is 1. The second-order valence-electron chi connectivity index (χ2n) is 9.17. The first-order valence-electron chi connectivity index (χ1n) is 11.0. The van der Waals surface area contributed by atoms with Crippen LogP contribution >= 0.6 is 11.3 Å². The van der Waals surface area contributed by atoms with Gasteiger partial charge >= 0.3 is 5.97 Å². The predicted octanol–water partition coefficient (Wildman–Crippen LogP) is 4.06. The third-order valence-corrected chi connectivity index (χ3v) is 6.92. The predicted molar refractivity (Wildman–Crippen MR) is 126 cm³/mol. The summed E-state index contributed by atoms with van der Waals surface area (Å²) in [5, 5.41) is 4.14. The molecule has 4 rings (SSSR count). The van der Waals surface area contributed by atoms with Crippen LogP contribution in [0.3, 0.4) is 0 Å². The molecule has 0 saturated carbocycles. The van der Waals surface area contributed by atoms with E-state index >= 15 is 0 Å². The second-order valence-corrected chi connectivity index (χ2v) is 10.0. The Balaban J connectivity index is 1.37. The molecule has 1 N–H and O–H groups in total.